The highest BCUT2D eigenvalue weighted by Crippen LogP contribution is 2.28. The summed E-state index contributed by atoms with van der Waals surface area (Å²) in [6.07, 6.45) is -0.630. The predicted octanol–water partition coefficient (Wildman–Crippen LogP) is -1.42. The number of nitrogens with zero attached hydrogens (tertiary/aromatic N) is 2. The number of anilines is 1. The normalized spacial score (nSPS) is 14.1. The highest BCUT2D eigenvalue weighted by molar-refractivity contribution is 6.26. The number of piperazine rings is 1. The van der Waals surface area contributed by atoms with Crippen LogP contribution in [0.1, 0.15) is 0 Å². The smallest absolute Gasteiger partial charge is 0.351 e. The van der Waals surface area contributed by atoms with E-state index in [1.807, 2.05) is 11.0 Å². The third-order valence-corrected chi connectivity index (χ3v) is 5.36. The number of aliphatic hydroxyl groups excluding tert-OH is 1. The third-order valence-electron chi connectivity index (χ3n) is 5.36. The van der Waals surface area contributed by atoms with Crippen molar-refractivity contribution in [2.75, 3.05) is 58.5 Å². The number of aliphatic carboxylic acids is 2. The van der Waals surface area contributed by atoms with Crippen LogP contribution >= 0.6 is 0 Å². The molecule has 0 aromatic heterocycles. The second-order valence-electron chi connectivity index (χ2n) is 7.79. The van der Waals surface area contributed by atoms with Crippen molar-refractivity contribution in [1.29, 1.82) is 0 Å². The average Bonchev–Trinajstić information content (AvgIpc) is 2.88. The Morgan fingerprint density at radius 1 is 1.08 bits per heavy atom. The fourth-order valence-electron chi connectivity index (χ4n) is 3.60. The largest absolute Gasteiger partial charge is 0.539 e. The molecule has 13 heteroatoms. The van der Waals surface area contributed by atoms with Gasteiger partial charge in [-0.15, -0.1) is 0 Å². The molecule has 3 rings (SSSR count). The molecule has 13 nitrogen and oxygen atoms in total. The molecule has 0 amide bonds. The van der Waals surface area contributed by atoms with Gasteiger partial charge in [0.15, 0.2) is 5.97 Å². The number of ether oxygens (including phenoxy) is 3. The van der Waals surface area contributed by atoms with E-state index in [1.165, 1.54) is 11.0 Å². The number of aliphatic hydroxyl groups is 1. The second-order valence-corrected chi connectivity index (χ2v) is 7.79. The highest BCUT2D eigenvalue weighted by Gasteiger charge is 2.26. The van der Waals surface area contributed by atoms with E-state index in [4.69, 9.17) is 34.0 Å². The van der Waals surface area contributed by atoms with Crippen LogP contribution in [0.2, 0.25) is 0 Å². The lowest BCUT2D eigenvalue weighted by Crippen LogP contribution is -3.16. The van der Waals surface area contributed by atoms with Crippen LogP contribution in [-0.2, 0) is 9.59 Å². The number of para-hydroxylation sites is 2. The molecule has 1 saturated heterocycles. The Bertz CT molecular complexity index is 1010. The van der Waals surface area contributed by atoms with Crippen molar-refractivity contribution in [1.82, 2.24) is 0 Å². The van der Waals surface area contributed by atoms with Crippen LogP contribution in [0.5, 0.6) is 17.2 Å². The standard InChI is InChI=1S/C21H27N3O6.C2H2O4/c1-28-17-11-18(29-2)13-19(12-17)30-15-16(25)14-22-7-9-23(10-8-22)20-5-3-4-6-21(20)24(26)27;3-1(4)2(5)6/h3-6,11-13,16,25H,7-10,14-15H2,1-2H3;(H,3,4)(H,5,6). The summed E-state index contributed by atoms with van der Waals surface area (Å²) in [5, 5.41) is 38.0. The molecule has 2 aromatic carbocycles. The molecule has 1 aliphatic heterocycles. The number of carbonyl (C=O) groups is 2. The summed E-state index contributed by atoms with van der Waals surface area (Å²) < 4.78 is 16.2. The Labute approximate surface area is 207 Å². The van der Waals surface area contributed by atoms with Crippen molar-refractivity contribution >= 4 is 23.3 Å². The molecule has 0 aliphatic carbocycles. The Balaban J connectivity index is 0.000000678. The second kappa shape index (κ2) is 13.7. The maximum absolute atomic E-state index is 11.3. The Hall–Kier alpha value is -4.10. The molecule has 1 heterocycles. The summed E-state index contributed by atoms with van der Waals surface area (Å²) in [6.45, 7) is 3.67. The molecule has 1 fully saturated rings. The maximum Gasteiger partial charge on any atom is 0.351 e. The van der Waals surface area contributed by atoms with Crippen molar-refractivity contribution < 1.29 is 48.9 Å². The third kappa shape index (κ3) is 8.60. The summed E-state index contributed by atoms with van der Waals surface area (Å²) in [4.78, 5) is 32.2. The molecular formula is C23H29N3O10. The number of methoxy groups -OCH3 is 2. The lowest BCUT2D eigenvalue weighted by atomic mass is 10.2. The van der Waals surface area contributed by atoms with Crippen LogP contribution in [0, 0.1) is 10.1 Å². The summed E-state index contributed by atoms with van der Waals surface area (Å²) >= 11 is 0. The number of quaternary nitrogens is 1. The van der Waals surface area contributed by atoms with Gasteiger partial charge in [0.2, 0.25) is 0 Å². The minimum absolute atomic E-state index is 0.128. The van der Waals surface area contributed by atoms with Crippen molar-refractivity contribution in [2.45, 2.75) is 6.10 Å². The van der Waals surface area contributed by atoms with Crippen molar-refractivity contribution in [3.8, 4) is 17.2 Å². The molecule has 1 atom stereocenters. The number of carboxylic acid groups (broad SMARTS) is 2. The quantitative estimate of drug-likeness (QED) is 0.206. The Morgan fingerprint density at radius 2 is 1.61 bits per heavy atom. The number of nitro benzene ring substituents is 1. The first-order chi connectivity index (χ1) is 17.1. The van der Waals surface area contributed by atoms with E-state index in [9.17, 15) is 15.2 Å². The van der Waals surface area contributed by atoms with Gasteiger partial charge in [0, 0.05) is 24.3 Å². The van der Waals surface area contributed by atoms with Gasteiger partial charge in [-0.25, -0.2) is 4.79 Å². The molecule has 36 heavy (non-hydrogen) atoms. The zero-order valence-corrected chi connectivity index (χ0v) is 19.9. The first-order valence-corrected chi connectivity index (χ1v) is 10.9. The molecule has 196 valence electrons. The highest BCUT2D eigenvalue weighted by atomic mass is 16.6. The average molecular weight is 507 g/mol. The lowest BCUT2D eigenvalue weighted by Gasteiger charge is -2.34. The number of rotatable bonds is 9. The summed E-state index contributed by atoms with van der Waals surface area (Å²) in [5.41, 5.74) is 0.778. The van der Waals surface area contributed by atoms with E-state index in [0.717, 1.165) is 13.1 Å². The van der Waals surface area contributed by atoms with Gasteiger partial charge >= 0.3 is 5.97 Å². The van der Waals surface area contributed by atoms with Crippen LogP contribution in [0.25, 0.3) is 0 Å². The maximum atomic E-state index is 11.3. The van der Waals surface area contributed by atoms with Gasteiger partial charge in [-0.1, -0.05) is 12.1 Å². The first kappa shape index (κ1) is 28.1. The van der Waals surface area contributed by atoms with Gasteiger partial charge in [-0.3, -0.25) is 10.1 Å². The number of carboxylic acids is 2. The predicted molar refractivity (Wildman–Crippen MR) is 125 cm³/mol. The molecule has 0 radical (unpaired) electrons. The van der Waals surface area contributed by atoms with Gasteiger partial charge in [-0.2, -0.15) is 0 Å². The van der Waals surface area contributed by atoms with Gasteiger partial charge in [0.05, 0.1) is 45.3 Å². The van der Waals surface area contributed by atoms with Crippen LogP contribution in [0.3, 0.4) is 0 Å². The van der Waals surface area contributed by atoms with Crippen LogP contribution < -0.4 is 29.1 Å². The lowest BCUT2D eigenvalue weighted by molar-refractivity contribution is -0.903. The zero-order chi connectivity index (χ0) is 26.7. The number of carbonyl (C=O) groups excluding carboxylic acids is 1. The Morgan fingerprint density at radius 3 is 2.11 bits per heavy atom. The van der Waals surface area contributed by atoms with E-state index < -0.39 is 18.0 Å². The molecule has 1 aliphatic rings. The van der Waals surface area contributed by atoms with Gasteiger partial charge in [0.25, 0.3) is 5.69 Å². The molecule has 0 spiro atoms. The number of nitrogens with one attached hydrogen (secondary N) is 1. The monoisotopic (exact) mass is 507 g/mol. The van der Waals surface area contributed by atoms with Gasteiger partial charge < -0.3 is 44.1 Å². The molecule has 2 aromatic rings. The molecule has 1 unspecified atom stereocenters. The minimum atomic E-state index is -2.07. The number of hydrogen-bond donors (Lipinski definition) is 3. The van der Waals surface area contributed by atoms with Crippen LogP contribution in [-0.4, -0.2) is 86.7 Å². The topological polar surface area (TPSA) is 176 Å². The van der Waals surface area contributed by atoms with Crippen LogP contribution in [0.15, 0.2) is 42.5 Å². The summed E-state index contributed by atoms with van der Waals surface area (Å²) in [5.74, 6) is -2.20. The molecular weight excluding hydrogens is 478 g/mol. The molecule has 0 bridgehead atoms. The van der Waals surface area contributed by atoms with E-state index in [1.54, 1.807) is 44.6 Å². The molecule has 0 saturated carbocycles. The first-order valence-electron chi connectivity index (χ1n) is 10.9. The van der Waals surface area contributed by atoms with E-state index in [-0.39, 0.29) is 17.2 Å². The van der Waals surface area contributed by atoms with Gasteiger partial charge in [0.1, 0.15) is 42.2 Å². The van der Waals surface area contributed by atoms with E-state index in [0.29, 0.717) is 42.6 Å². The summed E-state index contributed by atoms with van der Waals surface area (Å²) in [6, 6.07) is 12.1. The fourth-order valence-corrected chi connectivity index (χ4v) is 3.60. The van der Waals surface area contributed by atoms with E-state index >= 15 is 0 Å². The van der Waals surface area contributed by atoms with E-state index in [2.05, 4.69) is 0 Å². The minimum Gasteiger partial charge on any atom is -0.539 e. The van der Waals surface area contributed by atoms with Crippen LogP contribution in [0.4, 0.5) is 11.4 Å². The molecule has 3 N–H and O–H groups in total. The zero-order valence-electron chi connectivity index (χ0n) is 19.9. The number of hydrogen-bond acceptors (Lipinski definition) is 10. The van der Waals surface area contributed by atoms with Gasteiger partial charge in [-0.05, 0) is 6.07 Å². The SMILES string of the molecule is COc1cc(OC)cc(OCC(O)C[NH+]2CCN(c3ccccc3[N+](=O)[O-])CC2)c1.O=C([O-])C(=O)O. The summed E-state index contributed by atoms with van der Waals surface area (Å²) in [7, 11) is 3.14. The number of nitro groups is 1. The fraction of sp³-hybridized carbons (Fsp3) is 0.391. The van der Waals surface area contributed by atoms with Crippen molar-refractivity contribution in [3.05, 3.63) is 52.6 Å². The van der Waals surface area contributed by atoms with Crippen molar-refractivity contribution in [3.63, 3.8) is 0 Å². The van der Waals surface area contributed by atoms with Crippen molar-refractivity contribution in [2.24, 2.45) is 0 Å². The number of benzene rings is 2. The Kier molecular flexibility index (Phi) is 10.7.